The quantitative estimate of drug-likeness (QED) is 0.607. The van der Waals surface area contributed by atoms with Gasteiger partial charge in [0.25, 0.3) is 5.69 Å². The number of carboxylic acids is 1. The number of hydrogen-bond donors (Lipinski definition) is 2. The highest BCUT2D eigenvalue weighted by atomic mass is 32.2. The first-order chi connectivity index (χ1) is 8.90. The van der Waals surface area contributed by atoms with Crippen molar-refractivity contribution in [3.8, 4) is 0 Å². The van der Waals surface area contributed by atoms with E-state index in [9.17, 15) is 19.7 Å². The molecule has 0 aliphatic heterocycles. The van der Waals surface area contributed by atoms with Crippen molar-refractivity contribution in [3.05, 3.63) is 33.9 Å². The number of carbonyl (C=O) groups is 2. The Morgan fingerprint density at radius 1 is 1.42 bits per heavy atom. The van der Waals surface area contributed by atoms with Gasteiger partial charge in [0.15, 0.2) is 0 Å². The molecule has 0 aliphatic rings. The van der Waals surface area contributed by atoms with Crippen LogP contribution in [0.25, 0.3) is 0 Å². The molecule has 19 heavy (non-hydrogen) atoms. The van der Waals surface area contributed by atoms with Crippen molar-refractivity contribution in [3.63, 3.8) is 0 Å². The number of aryl methyl sites for hydroxylation is 1. The van der Waals surface area contributed by atoms with Gasteiger partial charge in [-0.2, -0.15) is 0 Å². The molecular weight excluding hydrogens is 272 g/mol. The van der Waals surface area contributed by atoms with E-state index in [-0.39, 0.29) is 23.1 Å². The van der Waals surface area contributed by atoms with Crippen LogP contribution in [0.1, 0.15) is 5.56 Å². The van der Waals surface area contributed by atoms with Crippen LogP contribution in [-0.2, 0) is 9.59 Å². The molecule has 1 rings (SSSR count). The SMILES string of the molecule is Cc1cc(NC(=O)CSCC(=O)O)ccc1[N+](=O)[O-]. The van der Waals surface area contributed by atoms with E-state index in [2.05, 4.69) is 5.32 Å². The van der Waals surface area contributed by atoms with Crippen LogP contribution in [0.2, 0.25) is 0 Å². The fraction of sp³-hybridized carbons (Fsp3) is 0.273. The van der Waals surface area contributed by atoms with E-state index in [0.29, 0.717) is 11.3 Å². The Labute approximate surface area is 113 Å². The highest BCUT2D eigenvalue weighted by Gasteiger charge is 2.11. The Morgan fingerprint density at radius 2 is 2.11 bits per heavy atom. The number of thioether (sulfide) groups is 1. The van der Waals surface area contributed by atoms with E-state index in [0.717, 1.165) is 11.8 Å². The van der Waals surface area contributed by atoms with Crippen LogP contribution >= 0.6 is 11.8 Å². The van der Waals surface area contributed by atoms with Crippen molar-refractivity contribution in [1.82, 2.24) is 0 Å². The van der Waals surface area contributed by atoms with Gasteiger partial charge in [0, 0.05) is 17.3 Å². The highest BCUT2D eigenvalue weighted by molar-refractivity contribution is 8.00. The molecule has 0 atom stereocenters. The Hall–Kier alpha value is -2.09. The summed E-state index contributed by atoms with van der Waals surface area (Å²) in [7, 11) is 0. The molecule has 1 aromatic rings. The molecule has 8 heteroatoms. The molecular formula is C11H12N2O5S. The van der Waals surface area contributed by atoms with E-state index in [1.807, 2.05) is 0 Å². The minimum absolute atomic E-state index is 0.0155. The molecule has 0 saturated heterocycles. The predicted octanol–water partition coefficient (Wildman–Crippen LogP) is 1.66. The van der Waals surface area contributed by atoms with Crippen LogP contribution in [0.4, 0.5) is 11.4 Å². The molecule has 0 radical (unpaired) electrons. The average Bonchev–Trinajstić information content (AvgIpc) is 2.27. The summed E-state index contributed by atoms with van der Waals surface area (Å²) in [6, 6.07) is 4.25. The third-order valence-electron chi connectivity index (χ3n) is 2.14. The first-order valence-corrected chi connectivity index (χ1v) is 6.40. The molecule has 1 amide bonds. The molecule has 0 bridgehead atoms. The normalized spacial score (nSPS) is 9.95. The van der Waals surface area contributed by atoms with E-state index < -0.39 is 10.9 Å². The van der Waals surface area contributed by atoms with Crippen LogP contribution < -0.4 is 5.32 Å². The standard InChI is InChI=1S/C11H12N2O5S/c1-7-4-8(2-3-9(7)13(17)18)12-10(14)5-19-6-11(15)16/h2-4H,5-6H2,1H3,(H,12,14)(H,15,16). The van der Waals surface area contributed by atoms with Gasteiger partial charge in [-0.15, -0.1) is 11.8 Å². The Morgan fingerprint density at radius 3 is 2.63 bits per heavy atom. The number of rotatable bonds is 6. The van der Waals surface area contributed by atoms with Gasteiger partial charge < -0.3 is 10.4 Å². The largest absolute Gasteiger partial charge is 0.481 e. The Bertz CT molecular complexity index is 518. The van der Waals surface area contributed by atoms with Crippen molar-refractivity contribution in [1.29, 1.82) is 0 Å². The summed E-state index contributed by atoms with van der Waals surface area (Å²) in [6.45, 7) is 1.58. The third kappa shape index (κ3) is 4.96. The number of hydrogen-bond acceptors (Lipinski definition) is 5. The number of nitro benzene ring substituents is 1. The van der Waals surface area contributed by atoms with Gasteiger partial charge >= 0.3 is 5.97 Å². The fourth-order valence-corrected chi connectivity index (χ4v) is 1.90. The second kappa shape index (κ2) is 6.74. The number of anilines is 1. The second-order valence-corrected chi connectivity index (χ2v) is 4.68. The molecule has 0 saturated carbocycles. The summed E-state index contributed by atoms with van der Waals surface area (Å²) < 4.78 is 0. The summed E-state index contributed by atoms with van der Waals surface area (Å²) in [6.07, 6.45) is 0. The number of amides is 1. The van der Waals surface area contributed by atoms with Gasteiger partial charge in [-0.25, -0.2) is 0 Å². The number of nitrogens with zero attached hydrogens (tertiary/aromatic N) is 1. The minimum atomic E-state index is -0.982. The van der Waals surface area contributed by atoms with Crippen LogP contribution in [0.3, 0.4) is 0 Å². The van der Waals surface area contributed by atoms with Crippen LogP contribution in [0.15, 0.2) is 18.2 Å². The van der Waals surface area contributed by atoms with Crippen LogP contribution in [0.5, 0.6) is 0 Å². The summed E-state index contributed by atoms with van der Waals surface area (Å²) in [5.74, 6) is -1.46. The summed E-state index contributed by atoms with van der Waals surface area (Å²) >= 11 is 0.981. The monoisotopic (exact) mass is 284 g/mol. The molecule has 1 aromatic carbocycles. The number of carboxylic acid groups (broad SMARTS) is 1. The maximum absolute atomic E-state index is 11.5. The van der Waals surface area contributed by atoms with Gasteiger partial charge in [0.05, 0.1) is 16.4 Å². The lowest BCUT2D eigenvalue weighted by atomic mass is 10.2. The maximum Gasteiger partial charge on any atom is 0.313 e. The van der Waals surface area contributed by atoms with Gasteiger partial charge in [0.1, 0.15) is 0 Å². The smallest absolute Gasteiger partial charge is 0.313 e. The van der Waals surface area contributed by atoms with Crippen molar-refractivity contribution < 1.29 is 19.6 Å². The van der Waals surface area contributed by atoms with Crippen molar-refractivity contribution in [2.24, 2.45) is 0 Å². The molecule has 7 nitrogen and oxygen atoms in total. The van der Waals surface area contributed by atoms with Gasteiger partial charge in [-0.3, -0.25) is 19.7 Å². The summed E-state index contributed by atoms with van der Waals surface area (Å²) in [5, 5.41) is 21.6. The molecule has 0 fully saturated rings. The minimum Gasteiger partial charge on any atom is -0.481 e. The number of carbonyl (C=O) groups excluding carboxylic acids is 1. The zero-order valence-electron chi connectivity index (χ0n) is 10.1. The molecule has 2 N–H and O–H groups in total. The molecule has 0 spiro atoms. The summed E-state index contributed by atoms with van der Waals surface area (Å²) in [4.78, 5) is 31.9. The van der Waals surface area contributed by atoms with Crippen LogP contribution in [0, 0.1) is 17.0 Å². The Balaban J connectivity index is 2.58. The molecule has 0 unspecified atom stereocenters. The first-order valence-electron chi connectivity index (χ1n) is 5.24. The van der Waals surface area contributed by atoms with E-state index in [1.54, 1.807) is 6.92 Å². The topological polar surface area (TPSA) is 110 Å². The zero-order chi connectivity index (χ0) is 14.4. The molecule has 0 aromatic heterocycles. The van der Waals surface area contributed by atoms with E-state index in [4.69, 9.17) is 5.11 Å². The first kappa shape index (κ1) is 15.0. The van der Waals surface area contributed by atoms with Crippen LogP contribution in [-0.4, -0.2) is 33.4 Å². The maximum atomic E-state index is 11.5. The van der Waals surface area contributed by atoms with E-state index >= 15 is 0 Å². The zero-order valence-corrected chi connectivity index (χ0v) is 10.9. The molecule has 0 aliphatic carbocycles. The third-order valence-corrected chi connectivity index (χ3v) is 3.05. The predicted molar refractivity (Wildman–Crippen MR) is 71.4 cm³/mol. The Kier molecular flexibility index (Phi) is 5.31. The number of aliphatic carboxylic acids is 1. The lowest BCUT2D eigenvalue weighted by Gasteiger charge is -2.05. The van der Waals surface area contributed by atoms with Gasteiger partial charge in [-0.05, 0) is 19.1 Å². The average molecular weight is 284 g/mol. The molecule has 0 heterocycles. The second-order valence-electron chi connectivity index (χ2n) is 3.69. The van der Waals surface area contributed by atoms with Crippen molar-refractivity contribution >= 4 is 35.0 Å². The van der Waals surface area contributed by atoms with E-state index in [1.165, 1.54) is 18.2 Å². The molecule has 102 valence electrons. The number of nitro groups is 1. The fourth-order valence-electron chi connectivity index (χ4n) is 1.37. The summed E-state index contributed by atoms with van der Waals surface area (Å²) in [5.41, 5.74) is 0.878. The lowest BCUT2D eigenvalue weighted by molar-refractivity contribution is -0.385. The van der Waals surface area contributed by atoms with Crippen molar-refractivity contribution in [2.75, 3.05) is 16.8 Å². The van der Waals surface area contributed by atoms with Gasteiger partial charge in [0.2, 0.25) is 5.91 Å². The number of nitrogens with one attached hydrogen (secondary N) is 1. The number of benzene rings is 1. The highest BCUT2D eigenvalue weighted by Crippen LogP contribution is 2.21. The van der Waals surface area contributed by atoms with Gasteiger partial charge in [-0.1, -0.05) is 0 Å². The lowest BCUT2D eigenvalue weighted by Crippen LogP contribution is -2.15. The van der Waals surface area contributed by atoms with Crippen molar-refractivity contribution in [2.45, 2.75) is 6.92 Å².